The lowest BCUT2D eigenvalue weighted by molar-refractivity contribution is -0.120. The second kappa shape index (κ2) is 6.96. The molecule has 1 amide bonds. The SMILES string of the molecule is CC(C)Cn1nc(CNC(=O)Cc2ccsc2)c2ccccc21. The monoisotopic (exact) mass is 327 g/mol. The lowest BCUT2D eigenvalue weighted by Crippen LogP contribution is -2.24. The van der Waals surface area contributed by atoms with Gasteiger partial charge in [0.25, 0.3) is 0 Å². The molecular formula is C18H21N3OS. The van der Waals surface area contributed by atoms with E-state index >= 15 is 0 Å². The zero-order valence-electron chi connectivity index (χ0n) is 13.5. The van der Waals surface area contributed by atoms with Gasteiger partial charge in [-0.25, -0.2) is 0 Å². The Balaban J connectivity index is 1.73. The van der Waals surface area contributed by atoms with Crippen molar-refractivity contribution < 1.29 is 4.79 Å². The van der Waals surface area contributed by atoms with E-state index in [-0.39, 0.29) is 5.91 Å². The molecule has 0 saturated heterocycles. The summed E-state index contributed by atoms with van der Waals surface area (Å²) < 4.78 is 2.04. The normalized spacial score (nSPS) is 11.3. The molecule has 0 aliphatic heterocycles. The molecule has 0 spiro atoms. The number of hydrogen-bond acceptors (Lipinski definition) is 3. The van der Waals surface area contributed by atoms with Crippen LogP contribution in [0.3, 0.4) is 0 Å². The number of para-hydroxylation sites is 1. The molecule has 4 nitrogen and oxygen atoms in total. The Morgan fingerprint density at radius 3 is 2.87 bits per heavy atom. The van der Waals surface area contributed by atoms with Gasteiger partial charge < -0.3 is 5.32 Å². The van der Waals surface area contributed by atoms with Crippen LogP contribution in [0.2, 0.25) is 0 Å². The van der Waals surface area contributed by atoms with Crippen molar-refractivity contribution in [3.8, 4) is 0 Å². The van der Waals surface area contributed by atoms with Gasteiger partial charge in [-0.3, -0.25) is 9.48 Å². The molecule has 120 valence electrons. The van der Waals surface area contributed by atoms with E-state index in [1.807, 2.05) is 33.6 Å². The van der Waals surface area contributed by atoms with Gasteiger partial charge in [0.15, 0.2) is 0 Å². The zero-order chi connectivity index (χ0) is 16.2. The van der Waals surface area contributed by atoms with Crippen molar-refractivity contribution in [3.05, 3.63) is 52.3 Å². The Morgan fingerprint density at radius 2 is 2.13 bits per heavy atom. The molecule has 0 unspecified atom stereocenters. The minimum Gasteiger partial charge on any atom is -0.350 e. The van der Waals surface area contributed by atoms with Gasteiger partial charge in [0, 0.05) is 11.9 Å². The van der Waals surface area contributed by atoms with Gasteiger partial charge in [0.2, 0.25) is 5.91 Å². The molecule has 0 bridgehead atoms. The zero-order valence-corrected chi connectivity index (χ0v) is 14.3. The maximum Gasteiger partial charge on any atom is 0.224 e. The van der Waals surface area contributed by atoms with Crippen LogP contribution in [-0.4, -0.2) is 15.7 Å². The number of nitrogens with zero attached hydrogens (tertiary/aromatic N) is 2. The van der Waals surface area contributed by atoms with E-state index in [0.29, 0.717) is 18.9 Å². The van der Waals surface area contributed by atoms with Crippen LogP contribution >= 0.6 is 11.3 Å². The first kappa shape index (κ1) is 15.7. The molecule has 0 atom stereocenters. The van der Waals surface area contributed by atoms with Crippen LogP contribution in [0.5, 0.6) is 0 Å². The summed E-state index contributed by atoms with van der Waals surface area (Å²) in [4.78, 5) is 12.1. The second-order valence-corrected chi connectivity index (χ2v) is 6.90. The minimum absolute atomic E-state index is 0.0332. The molecule has 0 aliphatic carbocycles. The van der Waals surface area contributed by atoms with Crippen molar-refractivity contribution in [1.82, 2.24) is 15.1 Å². The molecule has 0 fully saturated rings. The first-order valence-corrected chi connectivity index (χ1v) is 8.80. The predicted molar refractivity (Wildman–Crippen MR) is 94.4 cm³/mol. The largest absolute Gasteiger partial charge is 0.350 e. The highest BCUT2D eigenvalue weighted by Gasteiger charge is 2.12. The van der Waals surface area contributed by atoms with Gasteiger partial charge >= 0.3 is 0 Å². The first-order chi connectivity index (χ1) is 11.1. The molecule has 3 aromatic rings. The average Bonchev–Trinajstić information content (AvgIpc) is 3.14. The topological polar surface area (TPSA) is 46.9 Å². The average molecular weight is 327 g/mol. The Morgan fingerprint density at radius 1 is 1.30 bits per heavy atom. The Hall–Kier alpha value is -2.14. The van der Waals surface area contributed by atoms with Gasteiger partial charge in [-0.05, 0) is 34.4 Å². The van der Waals surface area contributed by atoms with Crippen molar-refractivity contribution in [1.29, 1.82) is 0 Å². The van der Waals surface area contributed by atoms with Crippen molar-refractivity contribution >= 4 is 28.1 Å². The van der Waals surface area contributed by atoms with Gasteiger partial charge in [-0.1, -0.05) is 32.0 Å². The van der Waals surface area contributed by atoms with Crippen molar-refractivity contribution in [3.63, 3.8) is 0 Å². The van der Waals surface area contributed by atoms with E-state index in [4.69, 9.17) is 5.10 Å². The molecule has 2 aromatic heterocycles. The third-order valence-corrected chi connectivity index (χ3v) is 4.40. The summed E-state index contributed by atoms with van der Waals surface area (Å²) in [6.45, 7) is 5.70. The molecule has 2 heterocycles. The van der Waals surface area contributed by atoms with Crippen LogP contribution in [0.15, 0.2) is 41.1 Å². The van der Waals surface area contributed by atoms with Gasteiger partial charge in [0.05, 0.1) is 24.2 Å². The summed E-state index contributed by atoms with van der Waals surface area (Å²) in [5.74, 6) is 0.560. The van der Waals surface area contributed by atoms with Crippen LogP contribution in [-0.2, 0) is 24.3 Å². The molecule has 23 heavy (non-hydrogen) atoms. The van der Waals surface area contributed by atoms with Crippen LogP contribution in [0.4, 0.5) is 0 Å². The van der Waals surface area contributed by atoms with Gasteiger partial charge in [0.1, 0.15) is 0 Å². The number of fused-ring (bicyclic) bond motifs is 1. The number of benzene rings is 1. The fourth-order valence-electron chi connectivity index (χ4n) is 2.64. The summed E-state index contributed by atoms with van der Waals surface area (Å²) in [5.41, 5.74) is 3.12. The van der Waals surface area contributed by atoms with Gasteiger partial charge in [-0.15, -0.1) is 0 Å². The van der Waals surface area contributed by atoms with Crippen LogP contribution in [0.25, 0.3) is 10.9 Å². The van der Waals surface area contributed by atoms with Crippen molar-refractivity contribution in [2.24, 2.45) is 5.92 Å². The number of amides is 1. The Kier molecular flexibility index (Phi) is 4.76. The van der Waals surface area contributed by atoms with Crippen molar-refractivity contribution in [2.45, 2.75) is 33.4 Å². The standard InChI is InChI=1S/C18H21N3OS/c1-13(2)11-21-17-6-4-3-5-15(17)16(20-21)10-19-18(22)9-14-7-8-23-12-14/h3-8,12-13H,9-11H2,1-2H3,(H,19,22). The number of thiophene rings is 1. The van der Waals surface area contributed by atoms with E-state index in [1.165, 1.54) is 0 Å². The maximum atomic E-state index is 12.1. The molecule has 0 aliphatic rings. The fourth-order valence-corrected chi connectivity index (χ4v) is 3.30. The molecule has 0 saturated carbocycles. The molecule has 1 N–H and O–H groups in total. The highest BCUT2D eigenvalue weighted by atomic mass is 32.1. The third-order valence-electron chi connectivity index (χ3n) is 3.67. The highest BCUT2D eigenvalue weighted by molar-refractivity contribution is 7.08. The number of carbonyl (C=O) groups is 1. The highest BCUT2D eigenvalue weighted by Crippen LogP contribution is 2.19. The Bertz CT molecular complexity index is 790. The first-order valence-electron chi connectivity index (χ1n) is 7.85. The van der Waals surface area contributed by atoms with E-state index < -0.39 is 0 Å². The number of carbonyl (C=O) groups excluding carboxylic acids is 1. The smallest absolute Gasteiger partial charge is 0.224 e. The number of hydrogen-bond donors (Lipinski definition) is 1. The molecular weight excluding hydrogens is 306 g/mol. The van der Waals surface area contributed by atoms with E-state index in [2.05, 4.69) is 31.3 Å². The summed E-state index contributed by atoms with van der Waals surface area (Å²) >= 11 is 1.61. The Labute approximate surface area is 140 Å². The number of nitrogens with one attached hydrogen (secondary N) is 1. The fraction of sp³-hybridized carbons (Fsp3) is 0.333. The van der Waals surface area contributed by atoms with E-state index in [9.17, 15) is 4.79 Å². The predicted octanol–water partition coefficient (Wildman–Crippen LogP) is 3.61. The third kappa shape index (κ3) is 3.79. The summed E-state index contributed by atoms with van der Waals surface area (Å²) in [7, 11) is 0. The van der Waals surface area contributed by atoms with E-state index in [1.54, 1.807) is 11.3 Å². The number of aromatic nitrogens is 2. The summed E-state index contributed by atoms with van der Waals surface area (Å²) in [6, 6.07) is 10.2. The van der Waals surface area contributed by atoms with Crippen LogP contribution in [0.1, 0.15) is 25.1 Å². The molecule has 3 rings (SSSR count). The molecule has 1 aromatic carbocycles. The summed E-state index contributed by atoms with van der Waals surface area (Å²) in [6.07, 6.45) is 0.425. The quantitative estimate of drug-likeness (QED) is 0.752. The maximum absolute atomic E-state index is 12.1. The van der Waals surface area contributed by atoms with E-state index in [0.717, 1.165) is 28.7 Å². The summed E-state index contributed by atoms with van der Waals surface area (Å²) in [5, 5.41) is 12.8. The minimum atomic E-state index is 0.0332. The van der Waals surface area contributed by atoms with Crippen molar-refractivity contribution in [2.75, 3.05) is 0 Å². The lowest BCUT2D eigenvalue weighted by Gasteiger charge is -2.06. The number of rotatable bonds is 6. The lowest BCUT2D eigenvalue weighted by atomic mass is 10.2. The second-order valence-electron chi connectivity index (χ2n) is 6.12. The molecule has 5 heteroatoms. The van der Waals surface area contributed by atoms with Crippen LogP contribution in [0, 0.1) is 5.92 Å². The van der Waals surface area contributed by atoms with Crippen LogP contribution < -0.4 is 5.32 Å². The molecule has 0 radical (unpaired) electrons. The van der Waals surface area contributed by atoms with Gasteiger partial charge in [-0.2, -0.15) is 16.4 Å².